The number of nitriles is 1. The summed E-state index contributed by atoms with van der Waals surface area (Å²) in [6.07, 6.45) is 0. The molecule has 0 amide bonds. The lowest BCUT2D eigenvalue weighted by Crippen LogP contribution is -1.99. The van der Waals surface area contributed by atoms with Gasteiger partial charge in [-0.2, -0.15) is 5.26 Å². The maximum atomic E-state index is 15.3. The summed E-state index contributed by atoms with van der Waals surface area (Å²) in [4.78, 5) is 3.13. The molecule has 3 aromatic carbocycles. The summed E-state index contributed by atoms with van der Waals surface area (Å²) in [6, 6.07) is 18.3. The highest BCUT2D eigenvalue weighted by molar-refractivity contribution is 5.88. The number of hydrogen-bond donors (Lipinski definition) is 0. The van der Waals surface area contributed by atoms with Gasteiger partial charge in [-0.3, -0.25) is 0 Å². The van der Waals surface area contributed by atoms with Crippen molar-refractivity contribution >= 4 is 5.69 Å². The van der Waals surface area contributed by atoms with Crippen LogP contribution in [0.1, 0.15) is 5.56 Å². The maximum Gasteiger partial charge on any atom is 0.234 e. The number of hydrogen-bond acceptors (Lipinski definition) is 1. The third kappa shape index (κ3) is 2.41. The van der Waals surface area contributed by atoms with E-state index >= 15 is 4.39 Å². The Morgan fingerprint density at radius 3 is 1.75 bits per heavy atom. The zero-order chi connectivity index (χ0) is 17.1. The van der Waals surface area contributed by atoms with Gasteiger partial charge in [-0.25, -0.2) is 13.6 Å². The van der Waals surface area contributed by atoms with E-state index in [-0.39, 0.29) is 11.1 Å². The molecule has 4 heteroatoms. The first-order valence-corrected chi connectivity index (χ1v) is 7.12. The molecule has 0 spiro atoms. The van der Waals surface area contributed by atoms with Gasteiger partial charge in [0.15, 0.2) is 0 Å². The Hall–Kier alpha value is -3.50. The SMILES string of the molecule is [C-]#[N+]c1c(F)c(C#N)c(-c2ccccc2)c(F)c1-c1ccccc1. The number of rotatable bonds is 2. The molecule has 0 fully saturated rings. The van der Waals surface area contributed by atoms with E-state index in [2.05, 4.69) is 4.85 Å². The molecule has 0 heterocycles. The van der Waals surface area contributed by atoms with Crippen molar-refractivity contribution in [3.8, 4) is 28.3 Å². The lowest BCUT2D eigenvalue weighted by Gasteiger charge is -2.14. The van der Waals surface area contributed by atoms with Crippen LogP contribution in [0.5, 0.6) is 0 Å². The minimum Gasteiger partial charge on any atom is -0.234 e. The van der Waals surface area contributed by atoms with Crippen LogP contribution in [-0.4, -0.2) is 0 Å². The first-order chi connectivity index (χ1) is 11.7. The molecular weight excluding hydrogens is 306 g/mol. The fourth-order valence-electron chi connectivity index (χ4n) is 2.63. The monoisotopic (exact) mass is 316 g/mol. The van der Waals surface area contributed by atoms with Crippen molar-refractivity contribution in [1.82, 2.24) is 0 Å². The Bertz CT molecular complexity index is 904. The zero-order valence-corrected chi connectivity index (χ0v) is 12.4. The summed E-state index contributed by atoms with van der Waals surface area (Å²) in [5, 5.41) is 9.31. The van der Waals surface area contributed by atoms with Crippen molar-refractivity contribution in [1.29, 1.82) is 5.26 Å². The smallest absolute Gasteiger partial charge is 0.234 e. The molecule has 3 rings (SSSR count). The van der Waals surface area contributed by atoms with E-state index in [1.807, 2.05) is 0 Å². The second-order valence-electron chi connectivity index (χ2n) is 5.06. The Morgan fingerprint density at radius 2 is 1.29 bits per heavy atom. The van der Waals surface area contributed by atoms with Crippen molar-refractivity contribution in [3.63, 3.8) is 0 Å². The van der Waals surface area contributed by atoms with E-state index in [1.54, 1.807) is 66.7 Å². The van der Waals surface area contributed by atoms with Crippen molar-refractivity contribution in [3.05, 3.63) is 89.3 Å². The molecule has 0 aliphatic heterocycles. The average Bonchev–Trinajstić information content (AvgIpc) is 2.64. The minimum absolute atomic E-state index is 0.123. The van der Waals surface area contributed by atoms with Gasteiger partial charge in [-0.1, -0.05) is 60.7 Å². The normalized spacial score (nSPS) is 10.0. The molecule has 0 radical (unpaired) electrons. The van der Waals surface area contributed by atoms with Gasteiger partial charge in [0.2, 0.25) is 5.69 Å². The fourth-order valence-corrected chi connectivity index (χ4v) is 2.63. The molecule has 0 N–H and O–H groups in total. The van der Waals surface area contributed by atoms with Crippen LogP contribution in [0.2, 0.25) is 0 Å². The van der Waals surface area contributed by atoms with Crippen LogP contribution >= 0.6 is 0 Å². The number of nitrogens with zero attached hydrogens (tertiary/aromatic N) is 2. The first-order valence-electron chi connectivity index (χ1n) is 7.12. The molecule has 2 nitrogen and oxygen atoms in total. The Labute approximate surface area is 138 Å². The largest absolute Gasteiger partial charge is 0.234 e. The Balaban J connectivity index is 2.47. The van der Waals surface area contributed by atoms with Crippen LogP contribution < -0.4 is 0 Å². The summed E-state index contributed by atoms with van der Waals surface area (Å²) in [6.45, 7) is 7.23. The third-order valence-corrected chi connectivity index (χ3v) is 3.70. The maximum absolute atomic E-state index is 15.3. The predicted octanol–water partition coefficient (Wildman–Crippen LogP) is 5.72. The van der Waals surface area contributed by atoms with Gasteiger partial charge in [-0.15, -0.1) is 0 Å². The molecule has 0 aliphatic rings. The zero-order valence-electron chi connectivity index (χ0n) is 12.4. The van der Waals surface area contributed by atoms with Crippen LogP contribution in [0.4, 0.5) is 14.5 Å². The van der Waals surface area contributed by atoms with Crippen LogP contribution in [0.25, 0.3) is 27.1 Å². The van der Waals surface area contributed by atoms with Crippen LogP contribution in [-0.2, 0) is 0 Å². The second-order valence-corrected chi connectivity index (χ2v) is 5.06. The summed E-state index contributed by atoms with van der Waals surface area (Å²) in [5.41, 5.74) is -0.400. The molecule has 0 saturated heterocycles. The standard InChI is InChI=1S/C20H10F2N2/c1-24-20-17(14-10-6-3-7-11-14)19(22)16(15(12-23)18(20)21)13-8-4-2-5-9-13/h2-11H. The lowest BCUT2D eigenvalue weighted by molar-refractivity contribution is 0.608. The predicted molar refractivity (Wildman–Crippen MR) is 88.2 cm³/mol. The van der Waals surface area contributed by atoms with Crippen molar-refractivity contribution < 1.29 is 8.78 Å². The quantitative estimate of drug-likeness (QED) is 0.556. The molecule has 0 atom stereocenters. The highest BCUT2D eigenvalue weighted by Crippen LogP contribution is 2.42. The summed E-state index contributed by atoms with van der Waals surface area (Å²) in [7, 11) is 0. The highest BCUT2D eigenvalue weighted by atomic mass is 19.1. The molecule has 24 heavy (non-hydrogen) atoms. The van der Waals surface area contributed by atoms with Gasteiger partial charge in [-0.05, 0) is 11.1 Å². The van der Waals surface area contributed by atoms with Crippen molar-refractivity contribution in [2.75, 3.05) is 0 Å². The van der Waals surface area contributed by atoms with Crippen molar-refractivity contribution in [2.45, 2.75) is 0 Å². The summed E-state index contributed by atoms with van der Waals surface area (Å²) < 4.78 is 30.0. The Morgan fingerprint density at radius 1 is 0.792 bits per heavy atom. The minimum atomic E-state index is -0.994. The average molecular weight is 316 g/mol. The van der Waals surface area contributed by atoms with Gasteiger partial charge in [0.05, 0.1) is 12.1 Å². The van der Waals surface area contributed by atoms with E-state index in [4.69, 9.17) is 6.57 Å². The lowest BCUT2D eigenvalue weighted by atomic mass is 9.92. The van der Waals surface area contributed by atoms with E-state index in [0.29, 0.717) is 11.1 Å². The summed E-state index contributed by atoms with van der Waals surface area (Å²) in [5.74, 6) is -1.76. The third-order valence-electron chi connectivity index (χ3n) is 3.70. The topological polar surface area (TPSA) is 28.1 Å². The molecule has 0 aromatic heterocycles. The van der Waals surface area contributed by atoms with Gasteiger partial charge < -0.3 is 0 Å². The molecule has 114 valence electrons. The van der Waals surface area contributed by atoms with Crippen molar-refractivity contribution in [2.24, 2.45) is 0 Å². The second kappa shape index (κ2) is 6.32. The Kier molecular flexibility index (Phi) is 4.05. The van der Waals surface area contributed by atoms with E-state index in [9.17, 15) is 9.65 Å². The van der Waals surface area contributed by atoms with E-state index < -0.39 is 22.9 Å². The molecule has 0 unspecified atom stereocenters. The molecule has 3 aromatic rings. The fraction of sp³-hybridized carbons (Fsp3) is 0. The number of benzene rings is 3. The van der Waals surface area contributed by atoms with Crippen LogP contribution in [0.15, 0.2) is 60.7 Å². The molecular formula is C20H10F2N2. The molecule has 0 aliphatic carbocycles. The summed E-state index contributed by atoms with van der Waals surface area (Å²) >= 11 is 0. The van der Waals surface area contributed by atoms with Gasteiger partial charge in [0, 0.05) is 11.1 Å². The van der Waals surface area contributed by atoms with Gasteiger partial charge in [0.25, 0.3) is 0 Å². The van der Waals surface area contributed by atoms with Gasteiger partial charge in [0.1, 0.15) is 17.7 Å². The van der Waals surface area contributed by atoms with E-state index in [0.717, 1.165) is 0 Å². The first kappa shape index (κ1) is 15.4. The molecule has 0 bridgehead atoms. The van der Waals surface area contributed by atoms with Crippen LogP contribution in [0, 0.1) is 29.5 Å². The number of halogens is 2. The van der Waals surface area contributed by atoms with Crippen LogP contribution in [0.3, 0.4) is 0 Å². The molecule has 0 saturated carbocycles. The van der Waals surface area contributed by atoms with E-state index in [1.165, 1.54) is 0 Å². The highest BCUT2D eigenvalue weighted by Gasteiger charge is 2.26. The van der Waals surface area contributed by atoms with Gasteiger partial charge >= 0.3 is 0 Å².